The van der Waals surface area contributed by atoms with Crippen LogP contribution >= 0.6 is 0 Å². The number of hydrogen-bond acceptors (Lipinski definition) is 5. The van der Waals surface area contributed by atoms with Gasteiger partial charge in [-0.1, -0.05) is 5.16 Å². The van der Waals surface area contributed by atoms with E-state index >= 15 is 0 Å². The van der Waals surface area contributed by atoms with Crippen LogP contribution < -0.4 is 4.74 Å². The van der Waals surface area contributed by atoms with Gasteiger partial charge in [0.05, 0.1) is 17.2 Å². The molecule has 0 aliphatic rings. The molecule has 0 amide bonds. The highest BCUT2D eigenvalue weighted by molar-refractivity contribution is 5.87. The molecule has 0 saturated carbocycles. The van der Waals surface area contributed by atoms with Crippen molar-refractivity contribution in [2.45, 2.75) is 13.5 Å². The van der Waals surface area contributed by atoms with Crippen LogP contribution in [0, 0.1) is 18.3 Å². The van der Waals surface area contributed by atoms with Crippen molar-refractivity contribution in [1.29, 1.82) is 5.26 Å². The maximum absolute atomic E-state index is 10.9. The van der Waals surface area contributed by atoms with Gasteiger partial charge in [-0.05, 0) is 31.2 Å². The number of aromatic carboxylic acids is 1. The zero-order valence-electron chi connectivity index (χ0n) is 10.1. The summed E-state index contributed by atoms with van der Waals surface area (Å²) in [5, 5.41) is 21.1. The second-order valence-corrected chi connectivity index (χ2v) is 3.80. The molecule has 1 N–H and O–H groups in total. The maximum Gasteiger partial charge on any atom is 0.358 e. The van der Waals surface area contributed by atoms with Crippen molar-refractivity contribution < 1.29 is 19.2 Å². The molecule has 0 spiro atoms. The van der Waals surface area contributed by atoms with Gasteiger partial charge in [-0.15, -0.1) is 0 Å². The summed E-state index contributed by atoms with van der Waals surface area (Å²) in [5.41, 5.74) is 0.780. The number of carboxylic acid groups (broad SMARTS) is 1. The van der Waals surface area contributed by atoms with E-state index in [0.717, 1.165) is 0 Å². The van der Waals surface area contributed by atoms with Crippen molar-refractivity contribution in [1.82, 2.24) is 5.16 Å². The minimum Gasteiger partial charge on any atom is -0.489 e. The van der Waals surface area contributed by atoms with E-state index in [4.69, 9.17) is 19.6 Å². The second kappa shape index (κ2) is 5.23. The molecular formula is C13H10N2O4. The molecule has 6 nitrogen and oxygen atoms in total. The van der Waals surface area contributed by atoms with Gasteiger partial charge in [0.1, 0.15) is 18.1 Å². The van der Waals surface area contributed by atoms with Gasteiger partial charge < -0.3 is 14.4 Å². The summed E-state index contributed by atoms with van der Waals surface area (Å²) in [6.45, 7) is 1.67. The summed E-state index contributed by atoms with van der Waals surface area (Å²) in [6, 6.07) is 8.52. The number of ether oxygens (including phenoxy) is 1. The Hall–Kier alpha value is -2.81. The third-order valence-electron chi connectivity index (χ3n) is 2.55. The summed E-state index contributed by atoms with van der Waals surface area (Å²) >= 11 is 0. The summed E-state index contributed by atoms with van der Waals surface area (Å²) in [5.74, 6) is -0.211. The molecule has 0 atom stereocenters. The van der Waals surface area contributed by atoms with E-state index in [9.17, 15) is 4.79 Å². The zero-order valence-corrected chi connectivity index (χ0v) is 10.1. The minimum atomic E-state index is -1.16. The van der Waals surface area contributed by atoms with E-state index in [2.05, 4.69) is 5.16 Å². The average Bonchev–Trinajstić information content (AvgIpc) is 2.78. The standard InChI is InChI=1S/C13H10N2O4/c1-8-11(12(13(16)17)15-19-8)7-18-10-4-2-9(6-14)3-5-10/h2-5H,7H2,1H3,(H,16,17). The molecule has 1 heterocycles. The first-order valence-electron chi connectivity index (χ1n) is 5.43. The van der Waals surface area contributed by atoms with Crippen LogP contribution in [0.25, 0.3) is 0 Å². The third kappa shape index (κ3) is 2.72. The quantitative estimate of drug-likeness (QED) is 0.902. The molecule has 0 aliphatic carbocycles. The van der Waals surface area contributed by atoms with Crippen LogP contribution in [-0.4, -0.2) is 16.2 Å². The number of aromatic nitrogens is 1. The predicted octanol–water partition coefficient (Wildman–Crippen LogP) is 2.13. The Morgan fingerprint density at radius 3 is 2.74 bits per heavy atom. The van der Waals surface area contributed by atoms with Crippen molar-refractivity contribution in [2.75, 3.05) is 0 Å². The first-order valence-corrected chi connectivity index (χ1v) is 5.43. The van der Waals surface area contributed by atoms with Crippen LogP contribution in [0.5, 0.6) is 5.75 Å². The van der Waals surface area contributed by atoms with Gasteiger partial charge in [-0.2, -0.15) is 5.26 Å². The first kappa shape index (κ1) is 12.6. The highest BCUT2D eigenvalue weighted by Gasteiger charge is 2.19. The fraction of sp³-hybridized carbons (Fsp3) is 0.154. The summed E-state index contributed by atoms with van der Waals surface area (Å²) in [4.78, 5) is 10.9. The van der Waals surface area contributed by atoms with Gasteiger partial charge >= 0.3 is 5.97 Å². The number of hydrogen-bond donors (Lipinski definition) is 1. The fourth-order valence-electron chi connectivity index (χ4n) is 1.51. The number of aryl methyl sites for hydroxylation is 1. The van der Waals surface area contributed by atoms with E-state index in [-0.39, 0.29) is 12.3 Å². The molecule has 2 rings (SSSR count). The lowest BCUT2D eigenvalue weighted by molar-refractivity contribution is 0.0683. The van der Waals surface area contributed by atoms with Crippen molar-refractivity contribution in [2.24, 2.45) is 0 Å². The summed E-state index contributed by atoms with van der Waals surface area (Å²) in [6.07, 6.45) is 0. The van der Waals surface area contributed by atoms with Crippen LogP contribution in [-0.2, 0) is 6.61 Å². The molecule has 96 valence electrons. The number of carboxylic acids is 1. The Kier molecular flexibility index (Phi) is 3.48. The van der Waals surface area contributed by atoms with Gasteiger partial charge in [0, 0.05) is 0 Å². The number of rotatable bonds is 4. The Labute approximate surface area is 108 Å². The highest BCUT2D eigenvalue weighted by atomic mass is 16.5. The first-order chi connectivity index (χ1) is 9.11. The van der Waals surface area contributed by atoms with E-state index in [1.54, 1.807) is 31.2 Å². The van der Waals surface area contributed by atoms with Gasteiger partial charge in [0.2, 0.25) is 0 Å². The normalized spacial score (nSPS) is 9.89. The van der Waals surface area contributed by atoms with E-state index < -0.39 is 5.97 Å². The minimum absolute atomic E-state index is 0.0445. The smallest absolute Gasteiger partial charge is 0.358 e. The number of nitriles is 1. The summed E-state index contributed by atoms with van der Waals surface area (Å²) < 4.78 is 10.3. The van der Waals surface area contributed by atoms with Crippen molar-refractivity contribution >= 4 is 5.97 Å². The molecule has 1 aromatic heterocycles. The van der Waals surface area contributed by atoms with E-state index in [1.807, 2.05) is 6.07 Å². The van der Waals surface area contributed by atoms with Gasteiger partial charge in [-0.3, -0.25) is 0 Å². The zero-order chi connectivity index (χ0) is 13.8. The Balaban J connectivity index is 2.12. The van der Waals surface area contributed by atoms with Crippen LogP contribution in [0.1, 0.15) is 27.4 Å². The van der Waals surface area contributed by atoms with Crippen LogP contribution in [0.15, 0.2) is 28.8 Å². The molecule has 0 aliphatic heterocycles. The maximum atomic E-state index is 10.9. The molecule has 1 aromatic carbocycles. The Bertz CT molecular complexity index is 638. The molecule has 2 aromatic rings. The summed E-state index contributed by atoms with van der Waals surface area (Å²) in [7, 11) is 0. The fourth-order valence-corrected chi connectivity index (χ4v) is 1.51. The predicted molar refractivity (Wildman–Crippen MR) is 63.7 cm³/mol. The highest BCUT2D eigenvalue weighted by Crippen LogP contribution is 2.18. The SMILES string of the molecule is Cc1onc(C(=O)O)c1COc1ccc(C#N)cc1. The molecule has 0 radical (unpaired) electrons. The topological polar surface area (TPSA) is 96.3 Å². The van der Waals surface area contributed by atoms with Crippen LogP contribution in [0.3, 0.4) is 0 Å². The Morgan fingerprint density at radius 2 is 2.16 bits per heavy atom. The van der Waals surface area contributed by atoms with Crippen molar-refractivity contribution in [3.8, 4) is 11.8 Å². The molecular weight excluding hydrogens is 248 g/mol. The molecule has 0 bridgehead atoms. The monoisotopic (exact) mass is 258 g/mol. The van der Waals surface area contributed by atoms with Crippen LogP contribution in [0.2, 0.25) is 0 Å². The lowest BCUT2D eigenvalue weighted by Crippen LogP contribution is -2.05. The van der Waals surface area contributed by atoms with Crippen molar-refractivity contribution in [3.63, 3.8) is 0 Å². The van der Waals surface area contributed by atoms with Gasteiger partial charge in [-0.25, -0.2) is 4.79 Å². The van der Waals surface area contributed by atoms with E-state index in [1.165, 1.54) is 0 Å². The number of benzene rings is 1. The number of nitrogens with zero attached hydrogens (tertiary/aromatic N) is 2. The molecule has 19 heavy (non-hydrogen) atoms. The third-order valence-corrected chi connectivity index (χ3v) is 2.55. The van der Waals surface area contributed by atoms with Crippen LogP contribution in [0.4, 0.5) is 0 Å². The van der Waals surface area contributed by atoms with E-state index in [0.29, 0.717) is 22.6 Å². The lowest BCUT2D eigenvalue weighted by atomic mass is 10.2. The lowest BCUT2D eigenvalue weighted by Gasteiger charge is -2.05. The molecule has 0 unspecified atom stereocenters. The average molecular weight is 258 g/mol. The van der Waals surface area contributed by atoms with Crippen molar-refractivity contribution in [3.05, 3.63) is 46.8 Å². The second-order valence-electron chi connectivity index (χ2n) is 3.80. The molecule has 6 heteroatoms. The molecule has 0 saturated heterocycles. The van der Waals surface area contributed by atoms with Gasteiger partial charge in [0.25, 0.3) is 0 Å². The largest absolute Gasteiger partial charge is 0.489 e. The Morgan fingerprint density at radius 1 is 1.47 bits per heavy atom. The number of carbonyl (C=O) groups is 1. The molecule has 0 fully saturated rings. The van der Waals surface area contributed by atoms with Gasteiger partial charge in [0.15, 0.2) is 5.69 Å².